The van der Waals surface area contributed by atoms with Gasteiger partial charge in [0, 0.05) is 17.9 Å². The Hall–Kier alpha value is -3.44. The topological polar surface area (TPSA) is 121 Å². The zero-order valence-electron chi connectivity index (χ0n) is 16.7. The first kappa shape index (κ1) is 20.8. The fraction of sp³-hybridized carbons (Fsp3) is 0.150. The molecule has 0 aliphatic heterocycles. The Balaban J connectivity index is 1.55. The van der Waals surface area contributed by atoms with Crippen molar-refractivity contribution >= 4 is 42.4 Å². The van der Waals surface area contributed by atoms with E-state index in [-0.39, 0.29) is 10.6 Å². The third kappa shape index (κ3) is 4.23. The van der Waals surface area contributed by atoms with E-state index in [1.54, 1.807) is 31.4 Å². The average molecular weight is 460 g/mol. The minimum absolute atomic E-state index is 0.0702. The van der Waals surface area contributed by atoms with Gasteiger partial charge in [0.25, 0.3) is 5.91 Å². The van der Waals surface area contributed by atoms with E-state index < -0.39 is 15.7 Å². The van der Waals surface area contributed by atoms with E-state index in [2.05, 4.69) is 15.5 Å². The van der Waals surface area contributed by atoms with Gasteiger partial charge in [0.05, 0.1) is 29.3 Å². The highest BCUT2D eigenvalue weighted by atomic mass is 32.2. The highest BCUT2D eigenvalue weighted by Gasteiger charge is 2.18. The molecule has 0 radical (unpaired) electrons. The van der Waals surface area contributed by atoms with Crippen molar-refractivity contribution in [3.8, 4) is 22.8 Å². The number of rotatable bonds is 6. The molecule has 2 aromatic heterocycles. The number of carbonyl (C=O) groups excluding carboxylic acids is 1. The Morgan fingerprint density at radius 3 is 2.55 bits per heavy atom. The number of thiazole rings is 1. The summed E-state index contributed by atoms with van der Waals surface area (Å²) in [4.78, 5) is 17.1. The number of amides is 1. The molecular weight excluding hydrogens is 442 g/mol. The molecule has 0 fully saturated rings. The molecular formula is C20H17N3O6S2. The number of hydrogen-bond donors (Lipinski definition) is 1. The quantitative estimate of drug-likeness (QED) is 0.464. The molecule has 0 unspecified atom stereocenters. The molecule has 1 N–H and O–H groups in total. The number of anilines is 1. The summed E-state index contributed by atoms with van der Waals surface area (Å²) in [5.41, 5.74) is 1.32. The average Bonchev–Trinajstić information content (AvgIpc) is 3.38. The first-order valence-corrected chi connectivity index (χ1v) is 11.6. The molecule has 0 atom stereocenters. The number of carbonyl (C=O) groups is 1. The second-order valence-corrected chi connectivity index (χ2v) is 9.57. The van der Waals surface area contributed by atoms with Crippen molar-refractivity contribution in [1.29, 1.82) is 0 Å². The van der Waals surface area contributed by atoms with Crippen molar-refractivity contribution in [2.75, 3.05) is 25.8 Å². The van der Waals surface area contributed by atoms with E-state index in [9.17, 15) is 13.2 Å². The van der Waals surface area contributed by atoms with Gasteiger partial charge >= 0.3 is 0 Å². The number of aromatic nitrogens is 2. The number of nitrogens with zero attached hydrogens (tertiary/aromatic N) is 2. The molecule has 160 valence electrons. The highest BCUT2D eigenvalue weighted by molar-refractivity contribution is 7.90. The standard InChI is InChI=1S/C20H17N3O6S2/c1-27-15-7-4-11(8-17(15)28-2)16-10-14(23-29-16)19(24)22-20-21-13-6-5-12(31(3,25)26)9-18(13)30-20/h4-10H,1-3H3,(H,21,22,24). The van der Waals surface area contributed by atoms with Gasteiger partial charge in [-0.2, -0.15) is 0 Å². The molecule has 1 amide bonds. The Morgan fingerprint density at radius 2 is 1.84 bits per heavy atom. The molecule has 4 rings (SSSR count). The zero-order chi connectivity index (χ0) is 22.2. The number of sulfone groups is 1. The normalized spacial score (nSPS) is 11.5. The summed E-state index contributed by atoms with van der Waals surface area (Å²) < 4.78 is 39.9. The lowest BCUT2D eigenvalue weighted by molar-refractivity contribution is 0.101. The molecule has 0 bridgehead atoms. The molecule has 0 aliphatic rings. The van der Waals surface area contributed by atoms with Gasteiger partial charge in [0.2, 0.25) is 0 Å². The van der Waals surface area contributed by atoms with Crippen LogP contribution in [0.1, 0.15) is 10.5 Å². The number of ether oxygens (including phenoxy) is 2. The van der Waals surface area contributed by atoms with Crippen LogP contribution in [0.3, 0.4) is 0 Å². The summed E-state index contributed by atoms with van der Waals surface area (Å²) in [6, 6.07) is 11.3. The van der Waals surface area contributed by atoms with Crippen molar-refractivity contribution < 1.29 is 27.2 Å². The molecule has 0 saturated carbocycles. The molecule has 0 spiro atoms. The van der Waals surface area contributed by atoms with Crippen LogP contribution in [0.5, 0.6) is 11.5 Å². The third-order valence-corrected chi connectivity index (χ3v) is 6.46. The van der Waals surface area contributed by atoms with Crippen molar-refractivity contribution in [3.63, 3.8) is 0 Å². The van der Waals surface area contributed by atoms with Crippen LogP contribution in [0.15, 0.2) is 51.9 Å². The smallest absolute Gasteiger partial charge is 0.279 e. The van der Waals surface area contributed by atoms with Gasteiger partial charge in [-0.25, -0.2) is 13.4 Å². The molecule has 11 heteroatoms. The lowest BCUT2D eigenvalue weighted by atomic mass is 10.1. The minimum atomic E-state index is -3.33. The number of fused-ring (bicyclic) bond motifs is 1. The van der Waals surface area contributed by atoms with Crippen molar-refractivity contribution in [3.05, 3.63) is 48.2 Å². The van der Waals surface area contributed by atoms with Crippen molar-refractivity contribution in [2.45, 2.75) is 4.90 Å². The van der Waals surface area contributed by atoms with Crippen LogP contribution in [0.2, 0.25) is 0 Å². The molecule has 2 heterocycles. The van der Waals surface area contributed by atoms with E-state index in [1.165, 1.54) is 36.6 Å². The molecule has 0 aliphatic carbocycles. The van der Waals surface area contributed by atoms with Gasteiger partial charge in [0.1, 0.15) is 0 Å². The predicted molar refractivity (Wildman–Crippen MR) is 116 cm³/mol. The fourth-order valence-corrected chi connectivity index (χ4v) is 4.48. The lowest BCUT2D eigenvalue weighted by Gasteiger charge is -2.07. The van der Waals surface area contributed by atoms with Crippen LogP contribution < -0.4 is 14.8 Å². The van der Waals surface area contributed by atoms with Gasteiger partial charge in [-0.15, -0.1) is 0 Å². The van der Waals surface area contributed by atoms with Crippen molar-refractivity contribution in [1.82, 2.24) is 10.1 Å². The Labute approximate surface area is 181 Å². The number of benzene rings is 2. The van der Waals surface area contributed by atoms with Crippen LogP contribution in [-0.2, 0) is 9.84 Å². The van der Waals surface area contributed by atoms with E-state index in [0.29, 0.717) is 38.2 Å². The minimum Gasteiger partial charge on any atom is -0.493 e. The summed E-state index contributed by atoms with van der Waals surface area (Å²) in [5, 5.41) is 6.81. The molecule has 4 aromatic rings. The lowest BCUT2D eigenvalue weighted by Crippen LogP contribution is -2.11. The summed E-state index contributed by atoms with van der Waals surface area (Å²) >= 11 is 1.17. The van der Waals surface area contributed by atoms with Gasteiger partial charge in [0.15, 0.2) is 37.9 Å². The maximum Gasteiger partial charge on any atom is 0.279 e. The van der Waals surface area contributed by atoms with E-state index in [0.717, 1.165) is 6.26 Å². The van der Waals surface area contributed by atoms with Crippen LogP contribution in [0, 0.1) is 0 Å². The molecule has 2 aromatic carbocycles. The Morgan fingerprint density at radius 1 is 1.06 bits per heavy atom. The Kier molecular flexibility index (Phi) is 5.38. The Bertz CT molecular complexity index is 1390. The number of hydrogen-bond acceptors (Lipinski definition) is 9. The molecule has 9 nitrogen and oxygen atoms in total. The van der Waals surface area contributed by atoms with E-state index >= 15 is 0 Å². The van der Waals surface area contributed by atoms with Crippen LogP contribution in [-0.4, -0.2) is 44.9 Å². The fourth-order valence-electron chi connectivity index (χ4n) is 2.86. The second kappa shape index (κ2) is 8.00. The zero-order valence-corrected chi connectivity index (χ0v) is 18.3. The molecule has 31 heavy (non-hydrogen) atoms. The van der Waals surface area contributed by atoms with Gasteiger partial charge in [-0.1, -0.05) is 16.5 Å². The van der Waals surface area contributed by atoms with Gasteiger partial charge < -0.3 is 14.0 Å². The van der Waals surface area contributed by atoms with E-state index in [1.807, 2.05) is 0 Å². The largest absolute Gasteiger partial charge is 0.493 e. The van der Waals surface area contributed by atoms with Gasteiger partial charge in [-0.05, 0) is 36.4 Å². The first-order valence-electron chi connectivity index (χ1n) is 8.89. The van der Waals surface area contributed by atoms with Crippen LogP contribution in [0.4, 0.5) is 5.13 Å². The highest BCUT2D eigenvalue weighted by Crippen LogP contribution is 2.33. The monoisotopic (exact) mass is 459 g/mol. The number of nitrogens with one attached hydrogen (secondary N) is 1. The maximum absolute atomic E-state index is 12.6. The number of methoxy groups -OCH3 is 2. The molecule has 0 saturated heterocycles. The third-order valence-electron chi connectivity index (χ3n) is 4.42. The SMILES string of the molecule is COc1ccc(-c2cc(C(=O)Nc3nc4ccc(S(C)(=O)=O)cc4s3)no2)cc1OC. The second-order valence-electron chi connectivity index (χ2n) is 6.52. The summed E-state index contributed by atoms with van der Waals surface area (Å²) in [6.07, 6.45) is 1.14. The van der Waals surface area contributed by atoms with Crippen molar-refractivity contribution in [2.24, 2.45) is 0 Å². The van der Waals surface area contributed by atoms with E-state index in [4.69, 9.17) is 14.0 Å². The predicted octanol–water partition coefficient (Wildman–Crippen LogP) is 3.62. The first-order chi connectivity index (χ1) is 14.8. The van der Waals surface area contributed by atoms with Crippen LogP contribution in [0.25, 0.3) is 21.5 Å². The summed E-state index contributed by atoms with van der Waals surface area (Å²) in [6.45, 7) is 0. The maximum atomic E-state index is 12.6. The summed E-state index contributed by atoms with van der Waals surface area (Å²) in [7, 11) is -0.266. The van der Waals surface area contributed by atoms with Gasteiger partial charge in [-0.3, -0.25) is 10.1 Å². The van der Waals surface area contributed by atoms with Crippen LogP contribution >= 0.6 is 11.3 Å². The summed E-state index contributed by atoms with van der Waals surface area (Å²) in [5.74, 6) is 0.968.